The molecule has 1 aliphatic rings. The van der Waals surface area contributed by atoms with Crippen molar-refractivity contribution in [1.29, 1.82) is 0 Å². The predicted octanol–water partition coefficient (Wildman–Crippen LogP) is 3.30. The molecule has 0 bridgehead atoms. The number of anilines is 1. The van der Waals surface area contributed by atoms with Crippen molar-refractivity contribution in [3.8, 4) is 0 Å². The van der Waals surface area contributed by atoms with Gasteiger partial charge in [-0.1, -0.05) is 26.0 Å². The van der Waals surface area contributed by atoms with E-state index in [2.05, 4.69) is 24.1 Å². The van der Waals surface area contributed by atoms with Gasteiger partial charge in [-0.25, -0.2) is 0 Å². The van der Waals surface area contributed by atoms with Crippen LogP contribution in [0.2, 0.25) is 0 Å². The third-order valence-electron chi connectivity index (χ3n) is 3.90. The first kappa shape index (κ1) is 15.0. The summed E-state index contributed by atoms with van der Waals surface area (Å²) in [5, 5.41) is 2.98. The molecular weight excluding hydrogens is 248 g/mol. The maximum absolute atomic E-state index is 12.0. The van der Waals surface area contributed by atoms with Crippen molar-refractivity contribution >= 4 is 11.6 Å². The number of nitrogens with zero attached hydrogens (tertiary/aromatic N) is 1. The van der Waals surface area contributed by atoms with Gasteiger partial charge in [0, 0.05) is 31.7 Å². The number of piperidine rings is 1. The first-order valence-electron chi connectivity index (χ1n) is 7.62. The summed E-state index contributed by atoms with van der Waals surface area (Å²) < 4.78 is 0. The van der Waals surface area contributed by atoms with Gasteiger partial charge in [0.2, 0.25) is 5.91 Å². The summed E-state index contributed by atoms with van der Waals surface area (Å²) in [5.74, 6) is 1.61. The van der Waals surface area contributed by atoms with E-state index in [1.54, 1.807) is 0 Å². The van der Waals surface area contributed by atoms with Gasteiger partial charge in [-0.2, -0.15) is 0 Å². The van der Waals surface area contributed by atoms with Gasteiger partial charge in [0.15, 0.2) is 0 Å². The van der Waals surface area contributed by atoms with Crippen LogP contribution in [0.25, 0.3) is 0 Å². The molecule has 1 amide bonds. The van der Waals surface area contributed by atoms with Crippen LogP contribution < -0.4 is 5.32 Å². The summed E-state index contributed by atoms with van der Waals surface area (Å²) in [5.41, 5.74) is 2.07. The third-order valence-corrected chi connectivity index (χ3v) is 3.90. The molecule has 0 spiro atoms. The Morgan fingerprint density at radius 2 is 2.00 bits per heavy atom. The molecule has 1 aromatic rings. The molecule has 1 heterocycles. The molecule has 110 valence electrons. The second-order valence-electron chi connectivity index (χ2n) is 6.37. The highest BCUT2D eigenvalue weighted by Gasteiger charge is 2.21. The molecule has 2 rings (SSSR count). The SMILES string of the molecule is Cc1cccc(NC(=O)CCN2C[C@H](C)C[C@H](C)C2)c1. The monoisotopic (exact) mass is 274 g/mol. The van der Waals surface area contributed by atoms with Gasteiger partial charge >= 0.3 is 0 Å². The zero-order chi connectivity index (χ0) is 14.5. The van der Waals surface area contributed by atoms with Gasteiger partial charge in [-0.15, -0.1) is 0 Å². The van der Waals surface area contributed by atoms with Crippen molar-refractivity contribution in [1.82, 2.24) is 4.90 Å². The predicted molar refractivity (Wildman–Crippen MR) is 83.8 cm³/mol. The summed E-state index contributed by atoms with van der Waals surface area (Å²) in [6, 6.07) is 7.95. The fraction of sp³-hybridized carbons (Fsp3) is 0.588. The molecule has 3 nitrogen and oxygen atoms in total. The number of carbonyl (C=O) groups excluding carboxylic acids is 1. The first-order chi connectivity index (χ1) is 9.52. The van der Waals surface area contributed by atoms with Gasteiger partial charge in [-0.05, 0) is 42.9 Å². The maximum atomic E-state index is 12.0. The number of likely N-dealkylation sites (tertiary alicyclic amines) is 1. The maximum Gasteiger partial charge on any atom is 0.225 e. The van der Waals surface area contributed by atoms with Crippen molar-refractivity contribution in [3.05, 3.63) is 29.8 Å². The van der Waals surface area contributed by atoms with Crippen molar-refractivity contribution in [3.63, 3.8) is 0 Å². The summed E-state index contributed by atoms with van der Waals surface area (Å²) in [7, 11) is 0. The summed E-state index contributed by atoms with van der Waals surface area (Å²) in [6.45, 7) is 9.76. The highest BCUT2D eigenvalue weighted by molar-refractivity contribution is 5.90. The molecule has 1 fully saturated rings. The Bertz CT molecular complexity index is 448. The molecule has 1 aromatic carbocycles. The number of aryl methyl sites for hydroxylation is 1. The van der Waals surface area contributed by atoms with E-state index in [1.165, 1.54) is 12.0 Å². The highest BCUT2D eigenvalue weighted by Crippen LogP contribution is 2.21. The summed E-state index contributed by atoms with van der Waals surface area (Å²) in [6.07, 6.45) is 1.89. The van der Waals surface area contributed by atoms with Crippen LogP contribution in [-0.2, 0) is 4.79 Å². The van der Waals surface area contributed by atoms with E-state index >= 15 is 0 Å². The van der Waals surface area contributed by atoms with Gasteiger partial charge < -0.3 is 10.2 Å². The van der Waals surface area contributed by atoms with E-state index in [0.717, 1.165) is 37.2 Å². The molecule has 2 atom stereocenters. The lowest BCUT2D eigenvalue weighted by Crippen LogP contribution is -2.40. The molecule has 1 saturated heterocycles. The van der Waals surface area contributed by atoms with E-state index in [9.17, 15) is 4.79 Å². The average Bonchev–Trinajstić information content (AvgIpc) is 2.35. The van der Waals surface area contributed by atoms with Gasteiger partial charge in [0.05, 0.1) is 0 Å². The van der Waals surface area contributed by atoms with Crippen LogP contribution >= 0.6 is 0 Å². The quantitative estimate of drug-likeness (QED) is 0.913. The van der Waals surface area contributed by atoms with Crippen molar-refractivity contribution in [2.75, 3.05) is 25.0 Å². The van der Waals surface area contributed by atoms with Crippen molar-refractivity contribution in [2.24, 2.45) is 11.8 Å². The Morgan fingerprint density at radius 3 is 2.65 bits per heavy atom. The molecule has 0 aliphatic carbocycles. The third kappa shape index (κ3) is 4.64. The van der Waals surface area contributed by atoms with Crippen LogP contribution in [0, 0.1) is 18.8 Å². The van der Waals surface area contributed by atoms with E-state index in [4.69, 9.17) is 0 Å². The smallest absolute Gasteiger partial charge is 0.225 e. The topological polar surface area (TPSA) is 32.3 Å². The van der Waals surface area contributed by atoms with Crippen molar-refractivity contribution in [2.45, 2.75) is 33.6 Å². The minimum atomic E-state index is 0.112. The lowest BCUT2D eigenvalue weighted by molar-refractivity contribution is -0.116. The largest absolute Gasteiger partial charge is 0.326 e. The fourth-order valence-corrected chi connectivity index (χ4v) is 3.18. The Balaban J connectivity index is 1.77. The number of nitrogens with one attached hydrogen (secondary N) is 1. The minimum Gasteiger partial charge on any atom is -0.326 e. The van der Waals surface area contributed by atoms with Crippen LogP contribution in [-0.4, -0.2) is 30.4 Å². The highest BCUT2D eigenvalue weighted by atomic mass is 16.1. The number of hydrogen-bond acceptors (Lipinski definition) is 2. The van der Waals surface area contributed by atoms with E-state index in [1.807, 2.05) is 31.2 Å². The molecule has 0 unspecified atom stereocenters. The standard InChI is InChI=1S/C17H26N2O/c1-13-5-4-6-16(10-13)18-17(20)7-8-19-11-14(2)9-15(3)12-19/h4-6,10,14-15H,7-9,11-12H2,1-3H3,(H,18,20)/t14-,15+. The molecule has 1 N–H and O–H groups in total. The normalized spacial score (nSPS) is 23.6. The number of benzene rings is 1. The van der Waals surface area contributed by atoms with E-state index in [0.29, 0.717) is 6.42 Å². The summed E-state index contributed by atoms with van der Waals surface area (Å²) >= 11 is 0. The van der Waals surface area contributed by atoms with Gasteiger partial charge in [0.25, 0.3) is 0 Å². The zero-order valence-electron chi connectivity index (χ0n) is 12.9. The molecule has 3 heteroatoms. The lowest BCUT2D eigenvalue weighted by Gasteiger charge is -2.34. The Morgan fingerprint density at radius 1 is 1.30 bits per heavy atom. The number of hydrogen-bond donors (Lipinski definition) is 1. The molecule has 0 saturated carbocycles. The second kappa shape index (κ2) is 6.89. The Hall–Kier alpha value is -1.35. The number of amides is 1. The zero-order valence-corrected chi connectivity index (χ0v) is 12.9. The van der Waals surface area contributed by atoms with E-state index < -0.39 is 0 Å². The molecule has 1 aliphatic heterocycles. The van der Waals surface area contributed by atoms with Crippen LogP contribution in [0.3, 0.4) is 0 Å². The van der Waals surface area contributed by atoms with Crippen LogP contribution in [0.5, 0.6) is 0 Å². The second-order valence-corrected chi connectivity index (χ2v) is 6.37. The molecule has 20 heavy (non-hydrogen) atoms. The molecular formula is C17H26N2O. The summed E-state index contributed by atoms with van der Waals surface area (Å²) in [4.78, 5) is 14.4. The van der Waals surface area contributed by atoms with Crippen LogP contribution in [0.4, 0.5) is 5.69 Å². The van der Waals surface area contributed by atoms with Gasteiger partial charge in [-0.3, -0.25) is 4.79 Å². The average molecular weight is 274 g/mol. The molecule has 0 radical (unpaired) electrons. The number of rotatable bonds is 4. The Labute approximate surface area is 122 Å². The fourth-order valence-electron chi connectivity index (χ4n) is 3.18. The van der Waals surface area contributed by atoms with E-state index in [-0.39, 0.29) is 5.91 Å². The first-order valence-corrected chi connectivity index (χ1v) is 7.62. The van der Waals surface area contributed by atoms with Gasteiger partial charge in [0.1, 0.15) is 0 Å². The van der Waals surface area contributed by atoms with Crippen LogP contribution in [0.15, 0.2) is 24.3 Å². The van der Waals surface area contributed by atoms with Crippen molar-refractivity contribution < 1.29 is 4.79 Å². The molecule has 0 aromatic heterocycles. The Kier molecular flexibility index (Phi) is 5.18. The van der Waals surface area contributed by atoms with Crippen LogP contribution in [0.1, 0.15) is 32.3 Å². The lowest BCUT2D eigenvalue weighted by atomic mass is 9.92. The number of carbonyl (C=O) groups is 1. The minimum absolute atomic E-state index is 0.112.